The Balaban J connectivity index is 1.88. The smallest absolute Gasteiger partial charge is 0.125 e. The molecule has 1 atom stereocenters. The van der Waals surface area contributed by atoms with Crippen LogP contribution in [0, 0.1) is 15.6 Å². The van der Waals surface area contributed by atoms with Gasteiger partial charge in [0, 0.05) is 10.6 Å². The number of fused-ring (bicyclic) bond motifs is 1. The van der Waals surface area contributed by atoms with Crippen LogP contribution in [0.2, 0.25) is 0 Å². The molecule has 1 aromatic carbocycles. The van der Waals surface area contributed by atoms with E-state index in [-0.39, 0.29) is 5.82 Å². The average molecular weight is 387 g/mol. The highest BCUT2D eigenvalue weighted by Crippen LogP contribution is 2.38. The lowest BCUT2D eigenvalue weighted by Gasteiger charge is -2.24. The van der Waals surface area contributed by atoms with Crippen molar-refractivity contribution in [3.63, 3.8) is 0 Å². The van der Waals surface area contributed by atoms with Crippen LogP contribution in [0.4, 0.5) is 10.1 Å². The highest BCUT2D eigenvalue weighted by atomic mass is 127. The SMILES string of the molecule is Cc1cc(F)cc(NC2CCCc3sc(I)cc32)c1. The summed E-state index contributed by atoms with van der Waals surface area (Å²) >= 11 is 4.27. The number of hydrogen-bond acceptors (Lipinski definition) is 2. The molecule has 0 amide bonds. The van der Waals surface area contributed by atoms with E-state index in [0.717, 1.165) is 17.7 Å². The molecule has 2 aromatic rings. The molecule has 1 N–H and O–H groups in total. The third kappa shape index (κ3) is 2.94. The monoisotopic (exact) mass is 387 g/mol. The molecule has 0 bridgehead atoms. The minimum Gasteiger partial charge on any atom is -0.378 e. The van der Waals surface area contributed by atoms with Crippen LogP contribution in [0.3, 0.4) is 0 Å². The fourth-order valence-electron chi connectivity index (χ4n) is 2.69. The number of anilines is 1. The normalized spacial score (nSPS) is 18.2. The molecule has 0 aliphatic heterocycles. The van der Waals surface area contributed by atoms with Crippen LogP contribution < -0.4 is 5.32 Å². The first kappa shape index (κ1) is 13.4. The van der Waals surface area contributed by atoms with Gasteiger partial charge in [-0.1, -0.05) is 0 Å². The second-order valence-electron chi connectivity index (χ2n) is 5.04. The fraction of sp³-hybridized carbons (Fsp3) is 0.333. The predicted octanol–water partition coefficient (Wildman–Crippen LogP) is 5.29. The van der Waals surface area contributed by atoms with E-state index in [4.69, 9.17) is 0 Å². The lowest BCUT2D eigenvalue weighted by atomic mass is 9.94. The highest BCUT2D eigenvalue weighted by molar-refractivity contribution is 14.1. The van der Waals surface area contributed by atoms with Crippen LogP contribution >= 0.6 is 33.9 Å². The van der Waals surface area contributed by atoms with Crippen LogP contribution in [0.1, 0.15) is 34.9 Å². The molecule has 0 fully saturated rings. The summed E-state index contributed by atoms with van der Waals surface area (Å²) in [6.07, 6.45) is 3.51. The summed E-state index contributed by atoms with van der Waals surface area (Å²) in [6.45, 7) is 1.92. The van der Waals surface area contributed by atoms with E-state index < -0.39 is 0 Å². The number of nitrogens with one attached hydrogen (secondary N) is 1. The Morgan fingerprint density at radius 1 is 1.32 bits per heavy atom. The first-order valence-electron chi connectivity index (χ1n) is 6.43. The summed E-state index contributed by atoms with van der Waals surface area (Å²) in [6, 6.07) is 7.74. The molecular formula is C15H15FINS. The maximum Gasteiger partial charge on any atom is 0.125 e. The minimum atomic E-state index is -0.168. The summed E-state index contributed by atoms with van der Waals surface area (Å²) in [5.41, 5.74) is 3.25. The van der Waals surface area contributed by atoms with Gasteiger partial charge in [-0.2, -0.15) is 0 Å². The summed E-state index contributed by atoms with van der Waals surface area (Å²) in [5.74, 6) is -0.168. The molecule has 0 spiro atoms. The van der Waals surface area contributed by atoms with Crippen molar-refractivity contribution in [1.29, 1.82) is 0 Å². The van der Waals surface area contributed by atoms with Crippen LogP contribution in [0.25, 0.3) is 0 Å². The van der Waals surface area contributed by atoms with E-state index in [9.17, 15) is 4.39 Å². The predicted molar refractivity (Wildman–Crippen MR) is 87.5 cm³/mol. The molecule has 0 saturated heterocycles. The summed E-state index contributed by atoms with van der Waals surface area (Å²) in [4.78, 5) is 1.49. The maximum atomic E-state index is 13.4. The first-order chi connectivity index (χ1) is 9.11. The Labute approximate surface area is 130 Å². The Morgan fingerprint density at radius 3 is 2.95 bits per heavy atom. The third-order valence-electron chi connectivity index (χ3n) is 3.47. The molecule has 1 aromatic heterocycles. The van der Waals surface area contributed by atoms with Crippen molar-refractivity contribution in [2.45, 2.75) is 32.2 Å². The molecule has 1 unspecified atom stereocenters. The molecule has 0 saturated carbocycles. The molecule has 100 valence electrons. The fourth-order valence-corrected chi connectivity index (χ4v) is 4.81. The largest absolute Gasteiger partial charge is 0.378 e. The summed E-state index contributed by atoms with van der Waals surface area (Å²) in [5, 5.41) is 3.50. The minimum absolute atomic E-state index is 0.168. The Bertz CT molecular complexity index is 588. The quantitative estimate of drug-likeness (QED) is 0.691. The Morgan fingerprint density at radius 2 is 2.16 bits per heavy atom. The van der Waals surface area contributed by atoms with E-state index in [0.29, 0.717) is 6.04 Å². The van der Waals surface area contributed by atoms with E-state index in [1.54, 1.807) is 12.1 Å². The van der Waals surface area contributed by atoms with Gasteiger partial charge in [-0.15, -0.1) is 11.3 Å². The summed E-state index contributed by atoms with van der Waals surface area (Å²) in [7, 11) is 0. The number of thiophene rings is 1. The van der Waals surface area contributed by atoms with E-state index in [1.165, 1.54) is 26.2 Å². The molecule has 19 heavy (non-hydrogen) atoms. The van der Waals surface area contributed by atoms with Gasteiger partial charge in [-0.05, 0) is 84.2 Å². The zero-order chi connectivity index (χ0) is 13.4. The van der Waals surface area contributed by atoms with Crippen molar-refractivity contribution >= 4 is 39.6 Å². The highest BCUT2D eigenvalue weighted by Gasteiger charge is 2.22. The van der Waals surface area contributed by atoms with Crippen LogP contribution in [-0.4, -0.2) is 0 Å². The van der Waals surface area contributed by atoms with E-state index >= 15 is 0 Å². The molecule has 3 rings (SSSR count). The molecule has 4 heteroatoms. The average Bonchev–Trinajstić information content (AvgIpc) is 2.69. The van der Waals surface area contributed by atoms with Crippen molar-refractivity contribution in [2.24, 2.45) is 0 Å². The second kappa shape index (κ2) is 5.40. The lowest BCUT2D eigenvalue weighted by molar-refractivity contribution is 0.605. The number of rotatable bonds is 2. The third-order valence-corrected chi connectivity index (χ3v) is 5.44. The zero-order valence-electron chi connectivity index (χ0n) is 10.7. The molecule has 1 aliphatic carbocycles. The van der Waals surface area contributed by atoms with Gasteiger partial charge >= 0.3 is 0 Å². The van der Waals surface area contributed by atoms with E-state index in [1.807, 2.05) is 24.3 Å². The van der Waals surface area contributed by atoms with Gasteiger partial charge in [0.05, 0.1) is 8.93 Å². The number of benzene rings is 1. The number of hydrogen-bond donors (Lipinski definition) is 1. The van der Waals surface area contributed by atoms with Crippen molar-refractivity contribution in [1.82, 2.24) is 0 Å². The standard InChI is InChI=1S/C15H15FINS/c1-9-5-10(16)7-11(6-9)18-13-3-2-4-14-12(13)8-15(17)19-14/h5-8,13,18H,2-4H2,1H3. The van der Waals surface area contributed by atoms with Gasteiger partial charge < -0.3 is 5.32 Å². The Hall–Kier alpha value is -0.620. The molecular weight excluding hydrogens is 372 g/mol. The van der Waals surface area contributed by atoms with Gasteiger partial charge in [0.2, 0.25) is 0 Å². The van der Waals surface area contributed by atoms with Crippen LogP contribution in [-0.2, 0) is 6.42 Å². The van der Waals surface area contributed by atoms with Crippen molar-refractivity contribution < 1.29 is 4.39 Å². The number of aryl methyl sites for hydroxylation is 2. The van der Waals surface area contributed by atoms with Crippen molar-refractivity contribution in [3.05, 3.63) is 49.0 Å². The van der Waals surface area contributed by atoms with Gasteiger partial charge in [0.25, 0.3) is 0 Å². The van der Waals surface area contributed by atoms with Gasteiger partial charge in [-0.25, -0.2) is 4.39 Å². The molecule has 1 nitrogen and oxygen atoms in total. The Kier molecular flexibility index (Phi) is 3.80. The zero-order valence-corrected chi connectivity index (χ0v) is 13.6. The maximum absolute atomic E-state index is 13.4. The second-order valence-corrected chi connectivity index (χ2v) is 8.07. The first-order valence-corrected chi connectivity index (χ1v) is 8.33. The van der Waals surface area contributed by atoms with Gasteiger partial charge in [-0.3, -0.25) is 0 Å². The van der Waals surface area contributed by atoms with Gasteiger partial charge in [0.1, 0.15) is 5.82 Å². The molecule has 0 radical (unpaired) electrons. The van der Waals surface area contributed by atoms with Crippen LogP contribution in [0.15, 0.2) is 24.3 Å². The van der Waals surface area contributed by atoms with Crippen molar-refractivity contribution in [2.75, 3.05) is 5.32 Å². The topological polar surface area (TPSA) is 12.0 Å². The number of halogens is 2. The van der Waals surface area contributed by atoms with E-state index in [2.05, 4.69) is 34.0 Å². The van der Waals surface area contributed by atoms with Crippen molar-refractivity contribution in [3.8, 4) is 0 Å². The van der Waals surface area contributed by atoms with Gasteiger partial charge in [0.15, 0.2) is 0 Å². The van der Waals surface area contributed by atoms with Crippen LogP contribution in [0.5, 0.6) is 0 Å². The molecule has 1 heterocycles. The lowest BCUT2D eigenvalue weighted by Crippen LogP contribution is -2.15. The molecule has 1 aliphatic rings. The summed E-state index contributed by atoms with van der Waals surface area (Å²) < 4.78 is 14.8.